The minimum absolute atomic E-state index is 0.00532. The van der Waals surface area contributed by atoms with Crippen molar-refractivity contribution in [3.05, 3.63) is 39.9 Å². The first-order valence-electron chi connectivity index (χ1n) is 6.30. The molecule has 0 bridgehead atoms. The molecule has 20 heavy (non-hydrogen) atoms. The van der Waals surface area contributed by atoms with Gasteiger partial charge in [-0.1, -0.05) is 0 Å². The molecule has 2 rings (SSSR count). The van der Waals surface area contributed by atoms with Crippen LogP contribution in [0.3, 0.4) is 0 Å². The summed E-state index contributed by atoms with van der Waals surface area (Å²) in [4.78, 5) is 22.0. The summed E-state index contributed by atoms with van der Waals surface area (Å²) < 4.78 is 17.3. The van der Waals surface area contributed by atoms with E-state index in [0.717, 1.165) is 0 Å². The van der Waals surface area contributed by atoms with Crippen molar-refractivity contribution in [1.29, 1.82) is 0 Å². The van der Waals surface area contributed by atoms with E-state index in [-0.39, 0.29) is 22.5 Å². The van der Waals surface area contributed by atoms with Crippen LogP contribution in [0.2, 0.25) is 0 Å². The number of hydrogen-bond donors (Lipinski definition) is 0. The largest absolute Gasteiger partial charge is 0.381 e. The molecule has 1 fully saturated rings. The topological polar surface area (TPSA) is 86.5 Å². The normalized spacial score (nSPS) is 17.6. The van der Waals surface area contributed by atoms with Gasteiger partial charge >= 0.3 is 0 Å². The highest BCUT2D eigenvalue weighted by Crippen LogP contribution is 2.16. The summed E-state index contributed by atoms with van der Waals surface area (Å²) in [6.45, 7) is 1.17. The summed E-state index contributed by atoms with van der Waals surface area (Å²) in [7, 11) is -1.21. The van der Waals surface area contributed by atoms with Crippen molar-refractivity contribution in [2.24, 2.45) is 0 Å². The first-order valence-corrected chi connectivity index (χ1v) is 7.68. The number of nitrogens with zero attached hydrogens (tertiary/aromatic N) is 1. The SMILES string of the molecule is O=C(CS(=O)C1CCOCC1)c1ccc([N+](=O)[O-])cc1. The number of rotatable bonds is 5. The molecule has 1 aromatic carbocycles. The van der Waals surface area contributed by atoms with E-state index in [9.17, 15) is 19.1 Å². The van der Waals surface area contributed by atoms with Gasteiger partial charge in [-0.15, -0.1) is 0 Å². The van der Waals surface area contributed by atoms with Gasteiger partial charge in [0.25, 0.3) is 5.69 Å². The molecule has 0 radical (unpaired) electrons. The van der Waals surface area contributed by atoms with E-state index in [1.807, 2.05) is 0 Å². The minimum atomic E-state index is -1.21. The average Bonchev–Trinajstić information content (AvgIpc) is 2.48. The van der Waals surface area contributed by atoms with Crippen LogP contribution < -0.4 is 0 Å². The van der Waals surface area contributed by atoms with E-state index in [0.29, 0.717) is 31.6 Å². The molecule has 0 N–H and O–H groups in total. The third-order valence-electron chi connectivity index (χ3n) is 3.21. The Morgan fingerprint density at radius 1 is 1.30 bits per heavy atom. The highest BCUT2D eigenvalue weighted by atomic mass is 32.2. The number of ether oxygens (including phenoxy) is 1. The second-order valence-corrected chi connectivity index (χ2v) is 6.28. The summed E-state index contributed by atoms with van der Waals surface area (Å²) in [5.41, 5.74) is 0.295. The standard InChI is InChI=1S/C13H15NO5S/c15-13(9-20(18)12-5-7-19-8-6-12)10-1-3-11(4-2-10)14(16)17/h1-4,12H,5-9H2. The molecule has 0 saturated carbocycles. The van der Waals surface area contributed by atoms with Crippen LogP contribution in [0.4, 0.5) is 5.69 Å². The van der Waals surface area contributed by atoms with Crippen molar-refractivity contribution >= 4 is 22.3 Å². The molecule has 7 heteroatoms. The van der Waals surface area contributed by atoms with Gasteiger partial charge in [0.1, 0.15) is 0 Å². The minimum Gasteiger partial charge on any atom is -0.381 e. The quantitative estimate of drug-likeness (QED) is 0.469. The Hall–Kier alpha value is -1.60. The van der Waals surface area contributed by atoms with Gasteiger partial charge in [0, 0.05) is 47.0 Å². The summed E-state index contributed by atoms with van der Waals surface area (Å²) in [6, 6.07) is 5.37. The van der Waals surface area contributed by atoms with Crippen LogP contribution >= 0.6 is 0 Å². The third-order valence-corrected chi connectivity index (χ3v) is 4.98. The van der Waals surface area contributed by atoms with Crippen molar-refractivity contribution in [3.8, 4) is 0 Å². The number of nitro benzene ring substituents is 1. The van der Waals surface area contributed by atoms with Crippen LogP contribution in [0.5, 0.6) is 0 Å². The maximum Gasteiger partial charge on any atom is 0.269 e. The molecule has 1 unspecified atom stereocenters. The van der Waals surface area contributed by atoms with Gasteiger partial charge < -0.3 is 4.74 Å². The van der Waals surface area contributed by atoms with E-state index >= 15 is 0 Å². The molecule has 0 amide bonds. The van der Waals surface area contributed by atoms with Crippen LogP contribution in [0.25, 0.3) is 0 Å². The second-order valence-electron chi connectivity index (χ2n) is 4.56. The maximum absolute atomic E-state index is 12.1. The Bertz CT molecular complexity index is 522. The van der Waals surface area contributed by atoms with E-state index < -0.39 is 15.7 Å². The number of carbonyl (C=O) groups is 1. The first kappa shape index (κ1) is 14.8. The van der Waals surface area contributed by atoms with Gasteiger partial charge in [-0.3, -0.25) is 19.1 Å². The predicted molar refractivity (Wildman–Crippen MR) is 74.3 cm³/mol. The number of ketones is 1. The Morgan fingerprint density at radius 2 is 1.90 bits per heavy atom. The fraction of sp³-hybridized carbons (Fsp3) is 0.462. The lowest BCUT2D eigenvalue weighted by atomic mass is 10.1. The van der Waals surface area contributed by atoms with Crippen LogP contribution in [-0.2, 0) is 15.5 Å². The summed E-state index contributed by atoms with van der Waals surface area (Å²) in [5, 5.41) is 10.5. The summed E-state index contributed by atoms with van der Waals surface area (Å²) in [6.07, 6.45) is 1.42. The van der Waals surface area contributed by atoms with E-state index in [1.165, 1.54) is 24.3 Å². The van der Waals surface area contributed by atoms with Crippen molar-refractivity contribution in [3.63, 3.8) is 0 Å². The highest BCUT2D eigenvalue weighted by molar-refractivity contribution is 7.86. The smallest absolute Gasteiger partial charge is 0.269 e. The predicted octanol–water partition coefficient (Wildman–Crippen LogP) is 1.71. The zero-order chi connectivity index (χ0) is 14.5. The van der Waals surface area contributed by atoms with Crippen LogP contribution in [0.15, 0.2) is 24.3 Å². The Morgan fingerprint density at radius 3 is 2.45 bits per heavy atom. The fourth-order valence-electron chi connectivity index (χ4n) is 2.04. The molecule has 1 aliphatic heterocycles. The maximum atomic E-state index is 12.1. The Balaban J connectivity index is 1.96. The van der Waals surface area contributed by atoms with E-state index in [1.54, 1.807) is 0 Å². The number of Topliss-reactive ketones (excluding diaryl/α,β-unsaturated/α-hetero) is 1. The first-order chi connectivity index (χ1) is 9.58. The second kappa shape index (κ2) is 6.71. The Kier molecular flexibility index (Phi) is 4.97. The molecule has 1 saturated heterocycles. The molecule has 108 valence electrons. The van der Waals surface area contributed by atoms with E-state index in [4.69, 9.17) is 4.74 Å². The number of non-ortho nitro benzene ring substituents is 1. The fourth-order valence-corrected chi connectivity index (χ4v) is 3.42. The highest BCUT2D eigenvalue weighted by Gasteiger charge is 2.22. The van der Waals surface area contributed by atoms with Gasteiger partial charge in [-0.05, 0) is 25.0 Å². The van der Waals surface area contributed by atoms with Gasteiger partial charge in [0.15, 0.2) is 5.78 Å². The lowest BCUT2D eigenvalue weighted by molar-refractivity contribution is -0.384. The summed E-state index contributed by atoms with van der Waals surface area (Å²) >= 11 is 0. The molecular weight excluding hydrogens is 282 g/mol. The molecule has 1 heterocycles. The van der Waals surface area contributed by atoms with Crippen molar-refractivity contribution in [2.45, 2.75) is 18.1 Å². The van der Waals surface area contributed by atoms with Crippen molar-refractivity contribution < 1.29 is 18.7 Å². The number of carbonyl (C=O) groups excluding carboxylic acids is 1. The molecule has 0 aliphatic carbocycles. The molecule has 1 atom stereocenters. The number of hydrogen-bond acceptors (Lipinski definition) is 5. The Labute approximate surface area is 118 Å². The molecule has 1 aliphatic rings. The molecule has 0 aromatic heterocycles. The van der Waals surface area contributed by atoms with Crippen molar-refractivity contribution in [1.82, 2.24) is 0 Å². The van der Waals surface area contributed by atoms with Crippen molar-refractivity contribution in [2.75, 3.05) is 19.0 Å². The lowest BCUT2D eigenvalue weighted by Crippen LogP contribution is -2.28. The van der Waals surface area contributed by atoms with Gasteiger partial charge in [0.05, 0.1) is 10.7 Å². The zero-order valence-corrected chi connectivity index (χ0v) is 11.6. The van der Waals surface area contributed by atoms with E-state index in [2.05, 4.69) is 0 Å². The monoisotopic (exact) mass is 297 g/mol. The molecule has 1 aromatic rings. The molecule has 6 nitrogen and oxygen atoms in total. The summed E-state index contributed by atoms with van der Waals surface area (Å²) in [5.74, 6) is -0.285. The number of nitro groups is 1. The van der Waals surface area contributed by atoms with Crippen LogP contribution in [0.1, 0.15) is 23.2 Å². The lowest BCUT2D eigenvalue weighted by Gasteiger charge is -2.20. The number of benzene rings is 1. The van der Waals surface area contributed by atoms with Gasteiger partial charge in [0.2, 0.25) is 0 Å². The van der Waals surface area contributed by atoms with Gasteiger partial charge in [-0.25, -0.2) is 0 Å². The van der Waals surface area contributed by atoms with Crippen LogP contribution in [-0.4, -0.2) is 39.1 Å². The third kappa shape index (κ3) is 3.71. The van der Waals surface area contributed by atoms with Gasteiger partial charge in [-0.2, -0.15) is 0 Å². The molecule has 0 spiro atoms. The zero-order valence-electron chi connectivity index (χ0n) is 10.8. The molecular formula is C13H15NO5S. The van der Waals surface area contributed by atoms with Crippen LogP contribution in [0, 0.1) is 10.1 Å². The average molecular weight is 297 g/mol.